The normalized spacial score (nSPS) is 11.7. The highest BCUT2D eigenvalue weighted by Gasteiger charge is 2.32. The molecule has 0 atom stereocenters. The summed E-state index contributed by atoms with van der Waals surface area (Å²) in [5.74, 6) is -0.490. The highest BCUT2D eigenvalue weighted by atomic mass is 19.4. The average molecular weight is 230 g/mol. The van der Waals surface area contributed by atoms with Crippen molar-refractivity contribution in [1.82, 2.24) is 9.97 Å². The lowest BCUT2D eigenvalue weighted by atomic mass is 10.2. The SMILES string of the molecule is O=c1[nH]cnc2c(OC(F)(F)F)cccc12. The van der Waals surface area contributed by atoms with Gasteiger partial charge in [-0.05, 0) is 12.1 Å². The summed E-state index contributed by atoms with van der Waals surface area (Å²) >= 11 is 0. The van der Waals surface area contributed by atoms with E-state index in [4.69, 9.17) is 0 Å². The van der Waals surface area contributed by atoms with Crippen LogP contribution in [-0.4, -0.2) is 16.3 Å². The zero-order valence-electron chi connectivity index (χ0n) is 7.71. The summed E-state index contributed by atoms with van der Waals surface area (Å²) < 4.78 is 39.9. The zero-order valence-corrected chi connectivity index (χ0v) is 7.71. The minimum atomic E-state index is -4.81. The molecule has 4 nitrogen and oxygen atoms in total. The predicted molar refractivity (Wildman–Crippen MR) is 49.0 cm³/mol. The molecule has 1 heterocycles. The number of aromatic amines is 1. The molecule has 0 saturated carbocycles. The quantitative estimate of drug-likeness (QED) is 0.812. The number of H-pyrrole nitrogens is 1. The fourth-order valence-electron chi connectivity index (χ4n) is 1.28. The first-order chi connectivity index (χ1) is 7.47. The van der Waals surface area contributed by atoms with Gasteiger partial charge in [0.25, 0.3) is 5.56 Å². The maximum atomic E-state index is 12.0. The van der Waals surface area contributed by atoms with Gasteiger partial charge < -0.3 is 9.72 Å². The summed E-state index contributed by atoms with van der Waals surface area (Å²) in [5.41, 5.74) is -0.638. The molecular formula is C9H5F3N2O2. The van der Waals surface area contributed by atoms with Gasteiger partial charge in [-0.25, -0.2) is 4.98 Å². The zero-order chi connectivity index (χ0) is 11.8. The molecule has 0 saturated heterocycles. The van der Waals surface area contributed by atoms with Crippen LogP contribution in [0.5, 0.6) is 5.75 Å². The van der Waals surface area contributed by atoms with Crippen molar-refractivity contribution >= 4 is 10.9 Å². The van der Waals surface area contributed by atoms with E-state index in [1.165, 1.54) is 12.1 Å². The molecule has 1 aromatic carbocycles. The first kappa shape index (κ1) is 10.5. The van der Waals surface area contributed by atoms with Crippen molar-refractivity contribution in [1.29, 1.82) is 0 Å². The molecule has 1 N–H and O–H groups in total. The lowest BCUT2D eigenvalue weighted by molar-refractivity contribution is -0.274. The van der Waals surface area contributed by atoms with Gasteiger partial charge in [-0.15, -0.1) is 13.2 Å². The van der Waals surface area contributed by atoms with Crippen LogP contribution in [0.3, 0.4) is 0 Å². The second kappa shape index (κ2) is 3.51. The lowest BCUT2D eigenvalue weighted by Gasteiger charge is -2.09. The van der Waals surface area contributed by atoms with Crippen LogP contribution in [-0.2, 0) is 0 Å². The van der Waals surface area contributed by atoms with Crippen LogP contribution < -0.4 is 10.3 Å². The Balaban J connectivity index is 2.63. The summed E-state index contributed by atoms with van der Waals surface area (Å²) in [7, 11) is 0. The van der Waals surface area contributed by atoms with Crippen LogP contribution in [0.1, 0.15) is 0 Å². The first-order valence-electron chi connectivity index (χ1n) is 4.19. The van der Waals surface area contributed by atoms with Crippen LogP contribution in [0.4, 0.5) is 13.2 Å². The molecule has 0 radical (unpaired) electrons. The van der Waals surface area contributed by atoms with E-state index in [-0.39, 0.29) is 10.9 Å². The van der Waals surface area contributed by atoms with Crippen LogP contribution >= 0.6 is 0 Å². The van der Waals surface area contributed by atoms with Crippen molar-refractivity contribution in [3.8, 4) is 5.75 Å². The fourth-order valence-corrected chi connectivity index (χ4v) is 1.28. The number of hydrogen-bond donors (Lipinski definition) is 1. The third-order valence-electron chi connectivity index (χ3n) is 1.86. The van der Waals surface area contributed by atoms with Crippen molar-refractivity contribution < 1.29 is 17.9 Å². The van der Waals surface area contributed by atoms with E-state index in [1.807, 2.05) is 0 Å². The van der Waals surface area contributed by atoms with Gasteiger partial charge in [0.05, 0.1) is 11.7 Å². The van der Waals surface area contributed by atoms with Crippen molar-refractivity contribution in [2.24, 2.45) is 0 Å². The lowest BCUT2D eigenvalue weighted by Crippen LogP contribution is -2.18. The molecule has 0 bridgehead atoms. The molecule has 7 heteroatoms. The van der Waals surface area contributed by atoms with Gasteiger partial charge in [-0.2, -0.15) is 0 Å². The Morgan fingerprint density at radius 2 is 2.06 bits per heavy atom. The van der Waals surface area contributed by atoms with Crippen LogP contribution in [0.25, 0.3) is 10.9 Å². The molecule has 0 aliphatic rings. The molecular weight excluding hydrogens is 225 g/mol. The third-order valence-corrected chi connectivity index (χ3v) is 1.86. The molecule has 16 heavy (non-hydrogen) atoms. The molecule has 2 aromatic rings. The molecule has 0 aliphatic heterocycles. The highest BCUT2D eigenvalue weighted by molar-refractivity contribution is 5.83. The molecule has 2 rings (SSSR count). The molecule has 1 aromatic heterocycles. The number of nitrogens with zero attached hydrogens (tertiary/aromatic N) is 1. The van der Waals surface area contributed by atoms with E-state index in [2.05, 4.69) is 14.7 Å². The van der Waals surface area contributed by atoms with Crippen LogP contribution in [0.2, 0.25) is 0 Å². The number of fused-ring (bicyclic) bond motifs is 1. The number of alkyl halides is 3. The minimum absolute atomic E-state index is 0.0456. The largest absolute Gasteiger partial charge is 0.573 e. The van der Waals surface area contributed by atoms with Crippen molar-refractivity contribution in [2.75, 3.05) is 0 Å². The van der Waals surface area contributed by atoms with Gasteiger partial charge >= 0.3 is 6.36 Å². The van der Waals surface area contributed by atoms with Crippen LogP contribution in [0, 0.1) is 0 Å². The Bertz CT molecular complexity index is 577. The van der Waals surface area contributed by atoms with E-state index in [9.17, 15) is 18.0 Å². The number of para-hydroxylation sites is 1. The van der Waals surface area contributed by atoms with Gasteiger partial charge in [-0.1, -0.05) is 6.07 Å². The molecule has 0 unspecified atom stereocenters. The summed E-state index contributed by atoms with van der Waals surface area (Å²) in [4.78, 5) is 17.2. The van der Waals surface area contributed by atoms with E-state index in [0.717, 1.165) is 12.4 Å². The standard InChI is InChI=1S/C9H5F3N2O2/c10-9(11,12)16-6-3-1-2-5-7(6)13-4-14-8(5)15/h1-4H,(H,13,14,15). The third kappa shape index (κ3) is 1.97. The van der Waals surface area contributed by atoms with E-state index < -0.39 is 17.7 Å². The number of benzene rings is 1. The molecule has 0 amide bonds. The number of halogens is 3. The summed E-state index contributed by atoms with van der Waals surface area (Å²) in [5, 5.41) is 0.0456. The number of rotatable bonds is 1. The second-order valence-corrected chi connectivity index (χ2v) is 2.93. The second-order valence-electron chi connectivity index (χ2n) is 2.93. The fraction of sp³-hybridized carbons (Fsp3) is 0.111. The Hall–Kier alpha value is -2.05. The molecule has 0 fully saturated rings. The highest BCUT2D eigenvalue weighted by Crippen LogP contribution is 2.27. The summed E-state index contributed by atoms with van der Waals surface area (Å²) in [6.07, 6.45) is -3.79. The van der Waals surface area contributed by atoms with Crippen molar-refractivity contribution in [2.45, 2.75) is 6.36 Å². The van der Waals surface area contributed by atoms with Gasteiger partial charge in [0.1, 0.15) is 5.52 Å². The smallest absolute Gasteiger partial charge is 0.403 e. The van der Waals surface area contributed by atoms with Crippen molar-refractivity contribution in [3.05, 3.63) is 34.9 Å². The van der Waals surface area contributed by atoms with Crippen LogP contribution in [0.15, 0.2) is 29.3 Å². The van der Waals surface area contributed by atoms with E-state index >= 15 is 0 Å². The van der Waals surface area contributed by atoms with Crippen molar-refractivity contribution in [3.63, 3.8) is 0 Å². The Labute approximate surface area is 86.7 Å². The molecule has 0 aliphatic carbocycles. The van der Waals surface area contributed by atoms with E-state index in [1.54, 1.807) is 0 Å². The number of ether oxygens (including phenoxy) is 1. The average Bonchev–Trinajstić information content (AvgIpc) is 2.17. The maximum Gasteiger partial charge on any atom is 0.573 e. The molecule has 0 spiro atoms. The molecule has 84 valence electrons. The maximum absolute atomic E-state index is 12.0. The Kier molecular flexibility index (Phi) is 2.30. The Morgan fingerprint density at radius 1 is 1.31 bits per heavy atom. The topological polar surface area (TPSA) is 55.0 Å². The summed E-state index contributed by atoms with van der Waals surface area (Å²) in [6.45, 7) is 0. The van der Waals surface area contributed by atoms with Gasteiger partial charge in [0.2, 0.25) is 0 Å². The Morgan fingerprint density at radius 3 is 2.75 bits per heavy atom. The number of aromatic nitrogens is 2. The minimum Gasteiger partial charge on any atom is -0.403 e. The first-order valence-corrected chi connectivity index (χ1v) is 4.19. The number of hydrogen-bond acceptors (Lipinski definition) is 3. The van der Waals surface area contributed by atoms with Gasteiger partial charge in [-0.3, -0.25) is 4.79 Å². The predicted octanol–water partition coefficient (Wildman–Crippen LogP) is 1.82. The summed E-state index contributed by atoms with van der Waals surface area (Å²) in [6, 6.07) is 3.76. The van der Waals surface area contributed by atoms with Gasteiger partial charge in [0.15, 0.2) is 5.75 Å². The number of nitrogens with one attached hydrogen (secondary N) is 1. The monoisotopic (exact) mass is 230 g/mol. The van der Waals surface area contributed by atoms with E-state index in [0.29, 0.717) is 0 Å². The van der Waals surface area contributed by atoms with Gasteiger partial charge in [0, 0.05) is 0 Å².